The van der Waals surface area contributed by atoms with E-state index in [4.69, 9.17) is 0 Å². The van der Waals surface area contributed by atoms with Gasteiger partial charge in [-0.05, 0) is 33.6 Å². The Morgan fingerprint density at radius 1 is 0.720 bits per heavy atom. The Morgan fingerprint density at radius 3 is 1.68 bits per heavy atom. The highest BCUT2D eigenvalue weighted by atomic mass is 35.5. The van der Waals surface area contributed by atoms with Gasteiger partial charge in [-0.3, -0.25) is 0 Å². The Kier molecular flexibility index (Phi) is 14.3. The number of benzene rings is 1. The van der Waals surface area contributed by atoms with Crippen LogP contribution in [0.15, 0.2) is 30.3 Å². The highest BCUT2D eigenvalue weighted by Gasteiger charge is 2.30. The normalized spacial score (nSPS) is 12.6. The molecule has 0 spiro atoms. The van der Waals surface area contributed by atoms with Gasteiger partial charge < -0.3 is 17.3 Å². The Morgan fingerprint density at radius 2 is 1.20 bits per heavy atom. The molecule has 1 atom stereocenters. The fourth-order valence-corrected chi connectivity index (χ4v) is 3.82. The van der Waals surface area contributed by atoms with Crippen LogP contribution in [-0.4, -0.2) is 13.1 Å². The Balaban J connectivity index is 0.00000576. The average Bonchev–Trinajstić information content (AvgIpc) is 2.60. The minimum atomic E-state index is 0. The molecule has 2 heteroatoms. The van der Waals surface area contributed by atoms with Crippen molar-refractivity contribution >= 4 is 0 Å². The predicted octanol–water partition coefficient (Wildman–Crippen LogP) is 2.75. The van der Waals surface area contributed by atoms with Crippen molar-refractivity contribution in [2.24, 2.45) is 0 Å². The molecule has 0 aromatic heterocycles. The van der Waals surface area contributed by atoms with Gasteiger partial charge in [0, 0.05) is 5.56 Å². The van der Waals surface area contributed by atoms with Crippen molar-refractivity contribution in [2.45, 2.75) is 97.4 Å². The molecule has 0 amide bonds. The van der Waals surface area contributed by atoms with Gasteiger partial charge in [0.25, 0.3) is 0 Å². The van der Waals surface area contributed by atoms with Crippen LogP contribution in [0.2, 0.25) is 0 Å². The third kappa shape index (κ3) is 9.66. The van der Waals surface area contributed by atoms with Gasteiger partial charge in [0.15, 0.2) is 0 Å². The second-order valence-corrected chi connectivity index (χ2v) is 7.88. The van der Waals surface area contributed by atoms with Crippen LogP contribution in [0.3, 0.4) is 0 Å². The second-order valence-electron chi connectivity index (χ2n) is 7.88. The Bertz CT molecular complexity index is 402. The smallest absolute Gasteiger partial charge is 0.117 e. The molecule has 1 N–H and O–H groups in total. The maximum atomic E-state index is 2.40. The van der Waals surface area contributed by atoms with Crippen LogP contribution in [0.25, 0.3) is 0 Å². The van der Waals surface area contributed by atoms with Crippen LogP contribution in [0, 0.1) is 0 Å². The first-order valence-corrected chi connectivity index (χ1v) is 10.5. The number of hydrogen-bond acceptors (Lipinski definition) is 0. The molecule has 0 saturated heterocycles. The highest BCUT2D eigenvalue weighted by Crippen LogP contribution is 2.16. The van der Waals surface area contributed by atoms with E-state index in [0.717, 1.165) is 0 Å². The minimum Gasteiger partial charge on any atom is -1.00 e. The molecule has 1 aromatic carbocycles. The second kappa shape index (κ2) is 14.6. The Hall–Kier alpha value is -0.530. The first kappa shape index (κ1) is 24.5. The van der Waals surface area contributed by atoms with Crippen LogP contribution in [0.4, 0.5) is 0 Å². The molecule has 1 unspecified atom stereocenters. The summed E-state index contributed by atoms with van der Waals surface area (Å²) in [6, 6.07) is 11.0. The van der Waals surface area contributed by atoms with Gasteiger partial charge in [0.1, 0.15) is 5.54 Å². The van der Waals surface area contributed by atoms with E-state index in [0.29, 0.717) is 0 Å². The van der Waals surface area contributed by atoms with Gasteiger partial charge >= 0.3 is 0 Å². The molecule has 0 fully saturated rings. The summed E-state index contributed by atoms with van der Waals surface area (Å²) < 4.78 is 0. The molecule has 0 aliphatic heterocycles. The third-order valence-corrected chi connectivity index (χ3v) is 5.64. The number of unbranched alkanes of at least 4 members (excludes halogenated alkanes) is 9. The van der Waals surface area contributed by atoms with Crippen molar-refractivity contribution in [1.29, 1.82) is 0 Å². The summed E-state index contributed by atoms with van der Waals surface area (Å²) in [7, 11) is 0. The molecular formula is C23H42ClN. The maximum Gasteiger partial charge on any atom is 0.117 e. The highest BCUT2D eigenvalue weighted by molar-refractivity contribution is 5.20. The molecule has 0 saturated carbocycles. The van der Waals surface area contributed by atoms with Crippen LogP contribution in [-0.2, 0) is 5.54 Å². The van der Waals surface area contributed by atoms with Crippen molar-refractivity contribution in [2.75, 3.05) is 13.1 Å². The van der Waals surface area contributed by atoms with E-state index in [1.165, 1.54) is 82.9 Å². The van der Waals surface area contributed by atoms with Crippen LogP contribution in [0.1, 0.15) is 97.5 Å². The summed E-state index contributed by atoms with van der Waals surface area (Å²) in [6.07, 6.45) is 14.2. The summed E-state index contributed by atoms with van der Waals surface area (Å²) >= 11 is 0. The monoisotopic (exact) mass is 367 g/mol. The summed E-state index contributed by atoms with van der Waals surface area (Å²) in [5, 5.41) is 0. The lowest BCUT2D eigenvalue weighted by atomic mass is 9.92. The van der Waals surface area contributed by atoms with Gasteiger partial charge in [-0.25, -0.2) is 0 Å². The van der Waals surface area contributed by atoms with Crippen molar-refractivity contribution in [3.8, 4) is 0 Å². The SMILES string of the molecule is CCCCCCCCCCCC[NH+](CC)C(C)(C)c1ccccc1.[Cl-]. The number of hydrogen-bond donors (Lipinski definition) is 1. The predicted molar refractivity (Wildman–Crippen MR) is 108 cm³/mol. The lowest BCUT2D eigenvalue weighted by Crippen LogP contribution is -3.17. The molecule has 0 heterocycles. The quantitative estimate of drug-likeness (QED) is 0.482. The fourth-order valence-electron chi connectivity index (χ4n) is 3.82. The third-order valence-electron chi connectivity index (χ3n) is 5.64. The summed E-state index contributed by atoms with van der Waals surface area (Å²) in [5.41, 5.74) is 1.68. The largest absolute Gasteiger partial charge is 1.00 e. The topological polar surface area (TPSA) is 4.44 Å². The zero-order valence-electron chi connectivity index (χ0n) is 17.2. The van der Waals surface area contributed by atoms with Gasteiger partial charge in [0.05, 0.1) is 13.1 Å². The molecule has 25 heavy (non-hydrogen) atoms. The molecule has 0 radical (unpaired) electrons. The first-order chi connectivity index (χ1) is 11.6. The average molecular weight is 368 g/mol. The number of nitrogens with one attached hydrogen (secondary N) is 1. The molecule has 1 nitrogen and oxygen atoms in total. The summed E-state index contributed by atoms with van der Waals surface area (Å²) in [5.74, 6) is 0. The van der Waals surface area contributed by atoms with E-state index in [1.54, 1.807) is 4.90 Å². The van der Waals surface area contributed by atoms with Crippen molar-refractivity contribution in [3.63, 3.8) is 0 Å². The van der Waals surface area contributed by atoms with Crippen molar-refractivity contribution in [3.05, 3.63) is 35.9 Å². The molecule has 0 bridgehead atoms. The van der Waals surface area contributed by atoms with Crippen LogP contribution < -0.4 is 17.3 Å². The fraction of sp³-hybridized carbons (Fsp3) is 0.739. The van der Waals surface area contributed by atoms with Gasteiger partial charge in [-0.15, -0.1) is 0 Å². The van der Waals surface area contributed by atoms with Crippen LogP contribution in [0.5, 0.6) is 0 Å². The zero-order chi connectivity index (χ0) is 17.7. The summed E-state index contributed by atoms with van der Waals surface area (Å²) in [6.45, 7) is 11.9. The van der Waals surface area contributed by atoms with Crippen LogP contribution >= 0.6 is 0 Å². The number of halogens is 1. The van der Waals surface area contributed by atoms with E-state index >= 15 is 0 Å². The van der Waals surface area contributed by atoms with Gasteiger partial charge in [-0.2, -0.15) is 0 Å². The molecule has 0 aliphatic rings. The first-order valence-electron chi connectivity index (χ1n) is 10.5. The van der Waals surface area contributed by atoms with E-state index in [1.807, 2.05) is 0 Å². The van der Waals surface area contributed by atoms with E-state index in [-0.39, 0.29) is 17.9 Å². The lowest BCUT2D eigenvalue weighted by molar-refractivity contribution is -0.955. The number of quaternary nitrogens is 1. The Labute approximate surface area is 164 Å². The van der Waals surface area contributed by atoms with E-state index < -0.39 is 0 Å². The van der Waals surface area contributed by atoms with Gasteiger partial charge in [0.2, 0.25) is 0 Å². The molecule has 1 aromatic rings. The van der Waals surface area contributed by atoms with E-state index in [2.05, 4.69) is 58.0 Å². The molecule has 0 aliphatic carbocycles. The van der Waals surface area contributed by atoms with Gasteiger partial charge in [-0.1, -0.05) is 88.6 Å². The summed E-state index contributed by atoms with van der Waals surface area (Å²) in [4.78, 5) is 1.72. The zero-order valence-corrected chi connectivity index (χ0v) is 18.0. The standard InChI is InChI=1S/C23H41N.ClH/c1-5-7-8-9-10-11-12-13-14-18-21-24(6-2)23(3,4)22-19-16-15-17-20-22;/h15-17,19-20H,5-14,18,21H2,1-4H3;1H. The minimum absolute atomic E-state index is 0. The lowest BCUT2D eigenvalue weighted by Gasteiger charge is -2.35. The van der Waals surface area contributed by atoms with Crippen molar-refractivity contribution < 1.29 is 17.3 Å². The molecular weight excluding hydrogens is 326 g/mol. The van der Waals surface area contributed by atoms with E-state index in [9.17, 15) is 0 Å². The van der Waals surface area contributed by atoms with Crippen molar-refractivity contribution in [1.82, 2.24) is 0 Å². The maximum absolute atomic E-state index is 2.40. The number of rotatable bonds is 14. The molecule has 146 valence electrons. The molecule has 1 rings (SSSR count).